The first-order valence-electron chi connectivity index (χ1n) is 10.1. The second kappa shape index (κ2) is 7.80. The molecule has 6 nitrogen and oxygen atoms in total. The fourth-order valence-corrected chi connectivity index (χ4v) is 4.37. The van der Waals surface area contributed by atoms with Gasteiger partial charge in [0.05, 0.1) is 24.5 Å². The number of carbonyl (C=O) groups is 1. The lowest BCUT2D eigenvalue weighted by Gasteiger charge is -2.30. The third-order valence-corrected chi connectivity index (χ3v) is 5.76. The SMILES string of the molecule is Cc1cc(-c2cnn(C)c2)cc(C2CCCN2CC(=O)N2CCCCC2)n1. The van der Waals surface area contributed by atoms with E-state index in [0.29, 0.717) is 6.54 Å². The summed E-state index contributed by atoms with van der Waals surface area (Å²) in [4.78, 5) is 21.9. The van der Waals surface area contributed by atoms with Gasteiger partial charge in [0.2, 0.25) is 5.91 Å². The highest BCUT2D eigenvalue weighted by atomic mass is 16.2. The Bertz CT molecular complexity index is 809. The van der Waals surface area contributed by atoms with Crippen LogP contribution in [0.3, 0.4) is 0 Å². The molecule has 4 heterocycles. The molecule has 2 aliphatic rings. The average molecular weight is 367 g/mol. The van der Waals surface area contributed by atoms with E-state index in [0.717, 1.165) is 67.8 Å². The fraction of sp³-hybridized carbons (Fsp3) is 0.571. The molecule has 0 radical (unpaired) electrons. The quantitative estimate of drug-likeness (QED) is 0.834. The molecule has 0 aromatic carbocycles. The van der Waals surface area contributed by atoms with Crippen LogP contribution in [0.5, 0.6) is 0 Å². The number of hydrogen-bond donors (Lipinski definition) is 0. The van der Waals surface area contributed by atoms with E-state index in [2.05, 4.69) is 22.1 Å². The molecule has 2 saturated heterocycles. The molecule has 0 bridgehead atoms. The molecule has 27 heavy (non-hydrogen) atoms. The van der Waals surface area contributed by atoms with Crippen LogP contribution in [0.2, 0.25) is 0 Å². The molecule has 6 heteroatoms. The van der Waals surface area contributed by atoms with Gasteiger partial charge in [0.15, 0.2) is 0 Å². The Labute approximate surface area is 161 Å². The zero-order valence-corrected chi connectivity index (χ0v) is 16.4. The highest BCUT2D eigenvalue weighted by molar-refractivity contribution is 5.78. The molecule has 2 fully saturated rings. The highest BCUT2D eigenvalue weighted by Crippen LogP contribution is 2.33. The Hall–Kier alpha value is -2.21. The molecular formula is C21H29N5O. The predicted molar refractivity (Wildman–Crippen MR) is 105 cm³/mol. The van der Waals surface area contributed by atoms with Gasteiger partial charge in [-0.15, -0.1) is 0 Å². The molecule has 0 saturated carbocycles. The zero-order valence-electron chi connectivity index (χ0n) is 16.4. The van der Waals surface area contributed by atoms with E-state index in [-0.39, 0.29) is 11.9 Å². The first kappa shape index (κ1) is 18.2. The number of carbonyl (C=O) groups excluding carboxylic acids is 1. The van der Waals surface area contributed by atoms with Crippen molar-refractivity contribution in [2.24, 2.45) is 7.05 Å². The maximum absolute atomic E-state index is 12.7. The lowest BCUT2D eigenvalue weighted by atomic mass is 10.0. The third kappa shape index (κ3) is 4.05. The van der Waals surface area contributed by atoms with Gasteiger partial charge >= 0.3 is 0 Å². The van der Waals surface area contributed by atoms with Crippen LogP contribution in [0.4, 0.5) is 0 Å². The van der Waals surface area contributed by atoms with E-state index in [4.69, 9.17) is 4.98 Å². The van der Waals surface area contributed by atoms with Crippen LogP contribution in [0.1, 0.15) is 49.5 Å². The number of hydrogen-bond acceptors (Lipinski definition) is 4. The standard InChI is InChI=1S/C21H29N5O/c1-16-11-17(18-13-22-24(2)14-18)12-19(23-16)20-7-6-10-26(20)15-21(27)25-8-4-3-5-9-25/h11-14,20H,3-10,15H2,1-2H3. The van der Waals surface area contributed by atoms with Crippen molar-refractivity contribution in [3.8, 4) is 11.1 Å². The first-order chi connectivity index (χ1) is 13.1. The van der Waals surface area contributed by atoms with Gasteiger partial charge in [0.25, 0.3) is 0 Å². The summed E-state index contributed by atoms with van der Waals surface area (Å²) in [5, 5.41) is 4.29. The van der Waals surface area contributed by atoms with Crippen molar-refractivity contribution in [3.05, 3.63) is 35.9 Å². The Morgan fingerprint density at radius 3 is 2.67 bits per heavy atom. The minimum Gasteiger partial charge on any atom is -0.342 e. The van der Waals surface area contributed by atoms with Crippen molar-refractivity contribution in [1.29, 1.82) is 0 Å². The number of pyridine rings is 1. The van der Waals surface area contributed by atoms with Crippen LogP contribution in [-0.4, -0.2) is 56.7 Å². The number of piperidine rings is 1. The molecule has 2 aliphatic heterocycles. The summed E-state index contributed by atoms with van der Waals surface area (Å²) in [5.74, 6) is 0.279. The Balaban J connectivity index is 1.53. The Morgan fingerprint density at radius 1 is 1.11 bits per heavy atom. The lowest BCUT2D eigenvalue weighted by Crippen LogP contribution is -2.42. The van der Waals surface area contributed by atoms with Crippen molar-refractivity contribution in [2.75, 3.05) is 26.2 Å². The summed E-state index contributed by atoms with van der Waals surface area (Å²) in [5.41, 5.74) is 4.36. The van der Waals surface area contributed by atoms with Crippen molar-refractivity contribution < 1.29 is 4.79 Å². The molecule has 0 aliphatic carbocycles. The van der Waals surface area contributed by atoms with Crippen molar-refractivity contribution >= 4 is 5.91 Å². The van der Waals surface area contributed by atoms with Crippen LogP contribution in [0.25, 0.3) is 11.1 Å². The zero-order chi connectivity index (χ0) is 18.8. The van der Waals surface area contributed by atoms with Crippen molar-refractivity contribution in [3.63, 3.8) is 0 Å². The fourth-order valence-electron chi connectivity index (χ4n) is 4.37. The van der Waals surface area contributed by atoms with Gasteiger partial charge in [-0.05, 0) is 63.3 Å². The number of aromatic nitrogens is 3. The molecule has 1 atom stereocenters. The molecule has 4 rings (SSSR count). The number of amides is 1. The molecule has 2 aromatic rings. The Kier molecular flexibility index (Phi) is 5.25. The van der Waals surface area contributed by atoms with Crippen LogP contribution in [0.15, 0.2) is 24.5 Å². The maximum Gasteiger partial charge on any atom is 0.236 e. The minimum absolute atomic E-state index is 0.231. The molecular weight excluding hydrogens is 338 g/mol. The highest BCUT2D eigenvalue weighted by Gasteiger charge is 2.30. The maximum atomic E-state index is 12.7. The lowest BCUT2D eigenvalue weighted by molar-refractivity contribution is -0.133. The van der Waals surface area contributed by atoms with Crippen LogP contribution < -0.4 is 0 Å². The van der Waals surface area contributed by atoms with E-state index in [1.807, 2.05) is 35.9 Å². The van der Waals surface area contributed by atoms with Gasteiger partial charge in [-0.1, -0.05) is 0 Å². The first-order valence-corrected chi connectivity index (χ1v) is 10.1. The molecule has 0 N–H and O–H groups in total. The second-order valence-corrected chi connectivity index (χ2v) is 7.89. The molecule has 0 spiro atoms. The van der Waals surface area contributed by atoms with Crippen molar-refractivity contribution in [2.45, 2.75) is 45.1 Å². The summed E-state index contributed by atoms with van der Waals surface area (Å²) < 4.78 is 1.82. The number of nitrogens with zero attached hydrogens (tertiary/aromatic N) is 5. The van der Waals surface area contributed by atoms with E-state index < -0.39 is 0 Å². The monoisotopic (exact) mass is 367 g/mol. The molecule has 1 amide bonds. The molecule has 144 valence electrons. The smallest absolute Gasteiger partial charge is 0.236 e. The normalized spacial score (nSPS) is 21.0. The van der Waals surface area contributed by atoms with Gasteiger partial charge in [-0.3, -0.25) is 19.4 Å². The van der Waals surface area contributed by atoms with Gasteiger partial charge in [0, 0.05) is 37.6 Å². The van der Waals surface area contributed by atoms with Crippen LogP contribution in [0, 0.1) is 6.92 Å². The van der Waals surface area contributed by atoms with Gasteiger partial charge in [-0.2, -0.15) is 5.10 Å². The minimum atomic E-state index is 0.231. The van der Waals surface area contributed by atoms with E-state index in [9.17, 15) is 4.79 Å². The van der Waals surface area contributed by atoms with Crippen LogP contribution >= 0.6 is 0 Å². The summed E-state index contributed by atoms with van der Waals surface area (Å²) in [7, 11) is 1.93. The Morgan fingerprint density at radius 2 is 1.93 bits per heavy atom. The average Bonchev–Trinajstić information content (AvgIpc) is 3.31. The van der Waals surface area contributed by atoms with E-state index in [1.54, 1.807) is 0 Å². The van der Waals surface area contributed by atoms with Crippen LogP contribution in [-0.2, 0) is 11.8 Å². The topological polar surface area (TPSA) is 54.3 Å². The summed E-state index contributed by atoms with van der Waals surface area (Å²) in [6, 6.07) is 4.52. The summed E-state index contributed by atoms with van der Waals surface area (Å²) in [6.07, 6.45) is 9.65. The number of rotatable bonds is 4. The van der Waals surface area contributed by atoms with Gasteiger partial charge in [0.1, 0.15) is 0 Å². The largest absolute Gasteiger partial charge is 0.342 e. The molecule has 1 unspecified atom stereocenters. The second-order valence-electron chi connectivity index (χ2n) is 7.89. The summed E-state index contributed by atoms with van der Waals surface area (Å²) >= 11 is 0. The predicted octanol–water partition coefficient (Wildman–Crippen LogP) is 2.94. The van der Waals surface area contributed by atoms with Crippen molar-refractivity contribution in [1.82, 2.24) is 24.6 Å². The third-order valence-electron chi connectivity index (χ3n) is 5.76. The van der Waals surface area contributed by atoms with E-state index in [1.165, 1.54) is 6.42 Å². The number of likely N-dealkylation sites (tertiary alicyclic amines) is 2. The van der Waals surface area contributed by atoms with Gasteiger partial charge in [-0.25, -0.2) is 0 Å². The summed E-state index contributed by atoms with van der Waals surface area (Å²) in [6.45, 7) is 5.38. The molecule has 2 aromatic heterocycles. The van der Waals surface area contributed by atoms with E-state index >= 15 is 0 Å². The van der Waals surface area contributed by atoms with Gasteiger partial charge < -0.3 is 4.90 Å². The number of aryl methyl sites for hydroxylation is 2.